The van der Waals surface area contributed by atoms with Gasteiger partial charge in [0.15, 0.2) is 5.96 Å². The number of sulfonamides is 1. The summed E-state index contributed by atoms with van der Waals surface area (Å²) in [6, 6.07) is 6.18. The Labute approximate surface area is 190 Å². The number of hydrogen-bond donors (Lipinski definition) is 3. The van der Waals surface area contributed by atoms with Crippen LogP contribution in [0.4, 0.5) is 0 Å². The van der Waals surface area contributed by atoms with E-state index in [4.69, 9.17) is 16.3 Å². The van der Waals surface area contributed by atoms with Crippen LogP contribution in [-0.2, 0) is 14.8 Å². The highest BCUT2D eigenvalue weighted by Crippen LogP contribution is 2.28. The number of guanidine groups is 1. The summed E-state index contributed by atoms with van der Waals surface area (Å²) >= 11 is 5.85. The van der Waals surface area contributed by atoms with E-state index in [1.807, 2.05) is 6.92 Å². The van der Waals surface area contributed by atoms with Gasteiger partial charge >= 0.3 is 0 Å². The molecule has 0 saturated heterocycles. The van der Waals surface area contributed by atoms with E-state index in [1.165, 1.54) is 25.0 Å². The lowest BCUT2D eigenvalue weighted by atomic mass is 10.4. The third kappa shape index (κ3) is 10.2. The zero-order chi connectivity index (χ0) is 19.5. The largest absolute Gasteiger partial charge is 0.381 e. The van der Waals surface area contributed by atoms with Crippen LogP contribution in [0.25, 0.3) is 0 Å². The van der Waals surface area contributed by atoms with Gasteiger partial charge in [-0.1, -0.05) is 17.7 Å². The van der Waals surface area contributed by atoms with Crippen molar-refractivity contribution in [2.45, 2.75) is 31.1 Å². The van der Waals surface area contributed by atoms with Crippen LogP contribution in [0.2, 0.25) is 5.02 Å². The highest BCUT2D eigenvalue weighted by Gasteiger charge is 2.20. The minimum Gasteiger partial charge on any atom is -0.381 e. The third-order valence-electron chi connectivity index (χ3n) is 3.93. The molecule has 3 N–H and O–H groups in total. The SMILES string of the molecule is CCNC(=NCCCOCC1CC1)NCCNS(=O)(=O)c1cccc(Cl)c1.I. The summed E-state index contributed by atoms with van der Waals surface area (Å²) in [6.45, 7) is 5.63. The fourth-order valence-corrected chi connectivity index (χ4v) is 3.65. The smallest absolute Gasteiger partial charge is 0.240 e. The molecule has 0 unspecified atom stereocenters. The number of nitrogens with one attached hydrogen (secondary N) is 3. The maximum absolute atomic E-state index is 12.2. The molecule has 0 aliphatic heterocycles. The van der Waals surface area contributed by atoms with Crippen molar-refractivity contribution in [1.82, 2.24) is 15.4 Å². The van der Waals surface area contributed by atoms with Crippen LogP contribution in [0, 0.1) is 5.92 Å². The average molecular weight is 545 g/mol. The van der Waals surface area contributed by atoms with E-state index in [1.54, 1.807) is 12.1 Å². The Kier molecular flexibility index (Phi) is 12.3. The summed E-state index contributed by atoms with van der Waals surface area (Å²) in [7, 11) is -3.57. The minimum atomic E-state index is -3.57. The van der Waals surface area contributed by atoms with Gasteiger partial charge < -0.3 is 15.4 Å². The zero-order valence-corrected chi connectivity index (χ0v) is 20.0. The Balaban J connectivity index is 0.00000392. The second-order valence-electron chi connectivity index (χ2n) is 6.41. The molecule has 7 nitrogen and oxygen atoms in total. The molecule has 1 aliphatic carbocycles. The first kappa shape index (κ1) is 25.4. The van der Waals surface area contributed by atoms with E-state index < -0.39 is 10.0 Å². The molecule has 0 bridgehead atoms. The maximum atomic E-state index is 12.2. The molecule has 0 amide bonds. The molecule has 0 radical (unpaired) electrons. The van der Waals surface area contributed by atoms with Gasteiger partial charge in [0.2, 0.25) is 10.0 Å². The van der Waals surface area contributed by atoms with Crippen molar-refractivity contribution in [3.63, 3.8) is 0 Å². The van der Waals surface area contributed by atoms with Gasteiger partial charge in [0, 0.05) is 44.4 Å². The highest BCUT2D eigenvalue weighted by atomic mass is 127. The topological polar surface area (TPSA) is 91.8 Å². The number of halogens is 2. The fraction of sp³-hybridized carbons (Fsp3) is 0.611. The van der Waals surface area contributed by atoms with Crippen LogP contribution in [-0.4, -0.2) is 53.8 Å². The van der Waals surface area contributed by atoms with Crippen molar-refractivity contribution in [2.24, 2.45) is 10.9 Å². The van der Waals surface area contributed by atoms with E-state index in [0.29, 0.717) is 24.1 Å². The Hall–Kier alpha value is -0.620. The summed E-state index contributed by atoms with van der Waals surface area (Å²) in [4.78, 5) is 4.62. The van der Waals surface area contributed by atoms with E-state index in [2.05, 4.69) is 20.3 Å². The molecule has 0 heterocycles. The summed E-state index contributed by atoms with van der Waals surface area (Å²) in [5, 5.41) is 6.65. The number of ether oxygens (including phenoxy) is 1. The second kappa shape index (κ2) is 13.6. The molecule has 1 fully saturated rings. The molecule has 0 aromatic heterocycles. The molecule has 160 valence electrons. The molecule has 10 heteroatoms. The molecule has 0 atom stereocenters. The number of aliphatic imine (C=N–C) groups is 1. The van der Waals surface area contributed by atoms with Crippen LogP contribution in [0.3, 0.4) is 0 Å². The maximum Gasteiger partial charge on any atom is 0.240 e. The minimum absolute atomic E-state index is 0. The third-order valence-corrected chi connectivity index (χ3v) is 5.62. The highest BCUT2D eigenvalue weighted by molar-refractivity contribution is 14.0. The molecule has 28 heavy (non-hydrogen) atoms. The molecular formula is C18H30ClIN4O3S. The Morgan fingerprint density at radius 3 is 2.75 bits per heavy atom. The van der Waals surface area contributed by atoms with E-state index in [0.717, 1.165) is 32.1 Å². The number of benzene rings is 1. The Bertz CT molecular complexity index is 715. The molecule has 0 spiro atoms. The average Bonchev–Trinajstić information content (AvgIpc) is 3.46. The van der Waals surface area contributed by atoms with E-state index in [9.17, 15) is 8.42 Å². The van der Waals surface area contributed by atoms with Crippen LogP contribution >= 0.6 is 35.6 Å². The predicted octanol–water partition coefficient (Wildman–Crippen LogP) is 2.61. The van der Waals surface area contributed by atoms with Gasteiger partial charge in [-0.25, -0.2) is 13.1 Å². The normalized spacial score (nSPS) is 14.4. The Morgan fingerprint density at radius 1 is 1.29 bits per heavy atom. The van der Waals surface area contributed by atoms with Crippen molar-refractivity contribution >= 4 is 51.6 Å². The van der Waals surface area contributed by atoms with Gasteiger partial charge in [-0.3, -0.25) is 4.99 Å². The fourth-order valence-electron chi connectivity index (χ4n) is 2.32. The van der Waals surface area contributed by atoms with Gasteiger partial charge in [0.1, 0.15) is 0 Å². The van der Waals surface area contributed by atoms with Crippen molar-refractivity contribution < 1.29 is 13.2 Å². The van der Waals surface area contributed by atoms with E-state index >= 15 is 0 Å². The lowest BCUT2D eigenvalue weighted by molar-refractivity contribution is 0.123. The first-order chi connectivity index (χ1) is 13.0. The zero-order valence-electron chi connectivity index (χ0n) is 16.1. The first-order valence-corrected chi connectivity index (χ1v) is 11.2. The van der Waals surface area contributed by atoms with E-state index in [-0.39, 0.29) is 35.4 Å². The summed E-state index contributed by atoms with van der Waals surface area (Å²) in [5.41, 5.74) is 0. The first-order valence-electron chi connectivity index (χ1n) is 9.36. The number of rotatable bonds is 12. The van der Waals surface area contributed by atoms with Gasteiger partial charge in [0.25, 0.3) is 0 Å². The summed E-state index contributed by atoms with van der Waals surface area (Å²) < 4.78 is 32.6. The quantitative estimate of drug-likeness (QED) is 0.163. The van der Waals surface area contributed by atoms with Crippen molar-refractivity contribution in [2.75, 3.05) is 39.4 Å². The lowest BCUT2D eigenvalue weighted by Gasteiger charge is -2.12. The molecule has 2 rings (SSSR count). The summed E-state index contributed by atoms with van der Waals surface area (Å²) in [5.74, 6) is 1.45. The lowest BCUT2D eigenvalue weighted by Crippen LogP contribution is -2.41. The predicted molar refractivity (Wildman–Crippen MR) is 124 cm³/mol. The molecular weight excluding hydrogens is 515 g/mol. The van der Waals surface area contributed by atoms with Gasteiger partial charge in [-0.05, 0) is 50.3 Å². The van der Waals surface area contributed by atoms with Crippen LogP contribution < -0.4 is 15.4 Å². The van der Waals surface area contributed by atoms with Crippen molar-refractivity contribution in [3.8, 4) is 0 Å². The molecule has 1 aromatic carbocycles. The van der Waals surface area contributed by atoms with Crippen molar-refractivity contribution in [3.05, 3.63) is 29.3 Å². The van der Waals surface area contributed by atoms with Crippen molar-refractivity contribution in [1.29, 1.82) is 0 Å². The summed E-state index contributed by atoms with van der Waals surface area (Å²) in [6.07, 6.45) is 3.46. The number of nitrogens with zero attached hydrogens (tertiary/aromatic N) is 1. The van der Waals surface area contributed by atoms with Crippen LogP contribution in [0.5, 0.6) is 0 Å². The standard InChI is InChI=1S/C18H29ClN4O3S.HI/c1-2-20-18(21-9-4-12-26-14-15-7-8-15)22-10-11-23-27(24,25)17-6-3-5-16(19)13-17;/h3,5-6,13,15,23H,2,4,7-12,14H2,1H3,(H2,20,21,22);1H. The Morgan fingerprint density at radius 2 is 2.07 bits per heavy atom. The second-order valence-corrected chi connectivity index (χ2v) is 8.62. The van der Waals surface area contributed by atoms with Gasteiger partial charge in [-0.2, -0.15) is 0 Å². The van der Waals surface area contributed by atoms with Crippen LogP contribution in [0.15, 0.2) is 34.2 Å². The molecule has 1 aliphatic rings. The monoisotopic (exact) mass is 544 g/mol. The van der Waals surface area contributed by atoms with Gasteiger partial charge in [0.05, 0.1) is 4.90 Å². The molecule has 1 aromatic rings. The van der Waals surface area contributed by atoms with Gasteiger partial charge in [-0.15, -0.1) is 24.0 Å². The molecule has 1 saturated carbocycles. The number of hydrogen-bond acceptors (Lipinski definition) is 4. The van der Waals surface area contributed by atoms with Crippen LogP contribution in [0.1, 0.15) is 26.2 Å².